The summed E-state index contributed by atoms with van der Waals surface area (Å²) < 4.78 is 5.28. The normalized spacial score (nSPS) is 13.1. The van der Waals surface area contributed by atoms with Crippen molar-refractivity contribution in [2.24, 2.45) is 0 Å². The molecular weight excluding hydrogens is 342 g/mol. The lowest BCUT2D eigenvalue weighted by Gasteiger charge is -2.20. The summed E-state index contributed by atoms with van der Waals surface area (Å²) in [6.45, 7) is 0. The van der Waals surface area contributed by atoms with E-state index in [0.29, 0.717) is 5.56 Å². The average molecular weight is 363 g/mol. The van der Waals surface area contributed by atoms with Gasteiger partial charge in [0.1, 0.15) is 6.04 Å². The molecule has 2 N–H and O–H groups in total. The van der Waals surface area contributed by atoms with E-state index in [1.54, 1.807) is 24.3 Å². The van der Waals surface area contributed by atoms with Crippen LogP contribution in [0.15, 0.2) is 72.8 Å². The van der Waals surface area contributed by atoms with Crippen LogP contribution >= 0.6 is 0 Å². The van der Waals surface area contributed by atoms with Crippen LogP contribution in [-0.2, 0) is 20.7 Å². The highest BCUT2D eigenvalue weighted by Gasteiger charge is 2.26. The Morgan fingerprint density at radius 2 is 1.63 bits per heavy atom. The Kier molecular flexibility index (Phi) is 5.84. The molecule has 0 aromatic heterocycles. The summed E-state index contributed by atoms with van der Waals surface area (Å²) in [5, 5.41) is 14.3. The van der Waals surface area contributed by atoms with E-state index in [1.165, 1.54) is 7.11 Å². The van der Waals surface area contributed by atoms with Gasteiger partial charge in [0.2, 0.25) is 0 Å². The quantitative estimate of drug-likeness (QED) is 0.675. The van der Waals surface area contributed by atoms with Gasteiger partial charge in [0, 0.05) is 13.5 Å². The van der Waals surface area contributed by atoms with Crippen LogP contribution in [0.5, 0.6) is 0 Å². The number of carboxylic acids is 1. The van der Waals surface area contributed by atoms with E-state index in [2.05, 4.69) is 5.32 Å². The number of benzene rings is 3. The Balaban J connectivity index is 1.76. The van der Waals surface area contributed by atoms with Gasteiger partial charge in [0.25, 0.3) is 5.91 Å². The van der Waals surface area contributed by atoms with Crippen molar-refractivity contribution < 1.29 is 19.4 Å². The average Bonchev–Trinajstić information content (AvgIpc) is 2.68. The number of hydrogen-bond donors (Lipinski definition) is 2. The van der Waals surface area contributed by atoms with Crippen molar-refractivity contribution in [3.05, 3.63) is 83.9 Å². The largest absolute Gasteiger partial charge is 0.480 e. The molecule has 0 aliphatic heterocycles. The van der Waals surface area contributed by atoms with Crippen molar-refractivity contribution in [2.45, 2.75) is 18.6 Å². The monoisotopic (exact) mass is 363 g/mol. The van der Waals surface area contributed by atoms with E-state index >= 15 is 0 Å². The van der Waals surface area contributed by atoms with Gasteiger partial charge in [-0.3, -0.25) is 4.79 Å². The molecule has 0 bridgehead atoms. The second-order valence-electron chi connectivity index (χ2n) is 6.31. The Bertz CT molecular complexity index is 939. The first-order chi connectivity index (χ1) is 13.1. The zero-order valence-electron chi connectivity index (χ0n) is 15.0. The first-order valence-electron chi connectivity index (χ1n) is 8.67. The number of ether oxygens (including phenoxy) is 1. The van der Waals surface area contributed by atoms with E-state index < -0.39 is 24.0 Å². The van der Waals surface area contributed by atoms with Crippen molar-refractivity contribution in [3.63, 3.8) is 0 Å². The molecular formula is C22H21NO4. The lowest BCUT2D eigenvalue weighted by molar-refractivity contribution is -0.144. The number of carbonyl (C=O) groups excluding carboxylic acids is 1. The fourth-order valence-electron chi connectivity index (χ4n) is 3.07. The molecule has 27 heavy (non-hydrogen) atoms. The first kappa shape index (κ1) is 18.6. The molecule has 0 fully saturated rings. The molecule has 0 aliphatic rings. The van der Waals surface area contributed by atoms with Gasteiger partial charge in [-0.2, -0.15) is 0 Å². The van der Waals surface area contributed by atoms with E-state index in [4.69, 9.17) is 4.74 Å². The summed E-state index contributed by atoms with van der Waals surface area (Å²) in [6, 6.07) is 21.6. The molecule has 2 atom stereocenters. The standard InChI is InChI=1S/C22H21NO4/c1-27-20(17-8-3-2-4-9-17)21(24)23-19(22(25)26)14-15-11-12-16-7-5-6-10-18(16)13-15/h2-13,19-20H,14H2,1H3,(H,23,24)(H,25,26)/t19-,20-/m0/s1. The third-order valence-corrected chi connectivity index (χ3v) is 4.44. The van der Waals surface area contributed by atoms with Crippen LogP contribution in [-0.4, -0.2) is 30.1 Å². The third kappa shape index (κ3) is 4.51. The molecule has 3 aromatic rings. The summed E-state index contributed by atoms with van der Waals surface area (Å²) >= 11 is 0. The van der Waals surface area contributed by atoms with Gasteiger partial charge in [-0.25, -0.2) is 4.79 Å². The fraction of sp³-hybridized carbons (Fsp3) is 0.182. The third-order valence-electron chi connectivity index (χ3n) is 4.44. The molecule has 138 valence electrons. The zero-order chi connectivity index (χ0) is 19.2. The summed E-state index contributed by atoms with van der Waals surface area (Å²) in [5.41, 5.74) is 1.52. The maximum absolute atomic E-state index is 12.6. The predicted molar refractivity (Wildman–Crippen MR) is 103 cm³/mol. The van der Waals surface area contributed by atoms with Gasteiger partial charge in [0.15, 0.2) is 6.10 Å². The van der Waals surface area contributed by atoms with E-state index in [1.807, 2.05) is 48.5 Å². The topological polar surface area (TPSA) is 75.6 Å². The Hall–Kier alpha value is -3.18. The fourth-order valence-corrected chi connectivity index (χ4v) is 3.07. The Morgan fingerprint density at radius 1 is 0.963 bits per heavy atom. The van der Waals surface area contributed by atoms with Gasteiger partial charge >= 0.3 is 5.97 Å². The predicted octanol–water partition coefficient (Wildman–Crippen LogP) is 3.34. The highest BCUT2D eigenvalue weighted by molar-refractivity contribution is 5.88. The van der Waals surface area contributed by atoms with Crippen LogP contribution in [0.1, 0.15) is 17.2 Å². The molecule has 0 saturated carbocycles. The molecule has 0 spiro atoms. The minimum atomic E-state index is -1.08. The molecule has 0 heterocycles. The van der Waals surface area contributed by atoms with E-state index in [-0.39, 0.29) is 6.42 Å². The summed E-state index contributed by atoms with van der Waals surface area (Å²) in [4.78, 5) is 24.3. The molecule has 0 radical (unpaired) electrons. The number of carboxylic acid groups (broad SMARTS) is 1. The second-order valence-corrected chi connectivity index (χ2v) is 6.31. The van der Waals surface area contributed by atoms with Crippen LogP contribution in [0.2, 0.25) is 0 Å². The molecule has 0 saturated heterocycles. The van der Waals surface area contributed by atoms with E-state index in [9.17, 15) is 14.7 Å². The SMILES string of the molecule is CO[C@H](C(=O)N[C@@H](Cc1ccc2ccccc2c1)C(=O)O)c1ccccc1. The van der Waals surface area contributed by atoms with Crippen molar-refractivity contribution in [2.75, 3.05) is 7.11 Å². The Morgan fingerprint density at radius 3 is 2.30 bits per heavy atom. The van der Waals surface area contributed by atoms with Gasteiger partial charge in [0.05, 0.1) is 0 Å². The van der Waals surface area contributed by atoms with Gasteiger partial charge in [-0.15, -0.1) is 0 Å². The van der Waals surface area contributed by atoms with Crippen LogP contribution in [0.3, 0.4) is 0 Å². The molecule has 0 unspecified atom stereocenters. The minimum Gasteiger partial charge on any atom is -0.480 e. The van der Waals surface area contributed by atoms with Gasteiger partial charge in [-0.1, -0.05) is 72.8 Å². The van der Waals surface area contributed by atoms with E-state index in [0.717, 1.165) is 16.3 Å². The lowest BCUT2D eigenvalue weighted by atomic mass is 10.0. The molecule has 3 aromatic carbocycles. The maximum atomic E-state index is 12.6. The highest BCUT2D eigenvalue weighted by Crippen LogP contribution is 2.19. The summed E-state index contributed by atoms with van der Waals surface area (Å²) in [5.74, 6) is -1.56. The molecule has 5 heteroatoms. The molecule has 5 nitrogen and oxygen atoms in total. The molecule has 3 rings (SSSR count). The van der Waals surface area contributed by atoms with Crippen LogP contribution < -0.4 is 5.32 Å². The van der Waals surface area contributed by atoms with Crippen molar-refractivity contribution in [1.82, 2.24) is 5.32 Å². The lowest BCUT2D eigenvalue weighted by Crippen LogP contribution is -2.44. The number of amides is 1. The first-order valence-corrected chi connectivity index (χ1v) is 8.67. The summed E-state index contributed by atoms with van der Waals surface area (Å²) in [7, 11) is 1.43. The van der Waals surface area contributed by atoms with Crippen molar-refractivity contribution in [3.8, 4) is 0 Å². The minimum absolute atomic E-state index is 0.192. The number of aliphatic carboxylic acids is 1. The van der Waals surface area contributed by atoms with Gasteiger partial charge < -0.3 is 15.2 Å². The molecule has 1 amide bonds. The molecule has 0 aliphatic carbocycles. The van der Waals surface area contributed by atoms with Crippen LogP contribution in [0, 0.1) is 0 Å². The number of fused-ring (bicyclic) bond motifs is 1. The van der Waals surface area contributed by atoms with Gasteiger partial charge in [-0.05, 0) is 21.9 Å². The zero-order valence-corrected chi connectivity index (χ0v) is 15.0. The number of nitrogens with one attached hydrogen (secondary N) is 1. The van der Waals surface area contributed by atoms with Crippen LogP contribution in [0.4, 0.5) is 0 Å². The number of rotatable bonds is 7. The Labute approximate surface area is 157 Å². The smallest absolute Gasteiger partial charge is 0.326 e. The second kappa shape index (κ2) is 8.47. The van der Waals surface area contributed by atoms with Crippen LogP contribution in [0.25, 0.3) is 10.8 Å². The number of methoxy groups -OCH3 is 1. The number of hydrogen-bond acceptors (Lipinski definition) is 3. The number of carbonyl (C=O) groups is 2. The highest BCUT2D eigenvalue weighted by atomic mass is 16.5. The maximum Gasteiger partial charge on any atom is 0.326 e. The summed E-state index contributed by atoms with van der Waals surface area (Å²) in [6.07, 6.45) is -0.665. The van der Waals surface area contributed by atoms with Crippen molar-refractivity contribution in [1.29, 1.82) is 0 Å². The van der Waals surface area contributed by atoms with Crippen molar-refractivity contribution >= 4 is 22.6 Å².